The van der Waals surface area contributed by atoms with Gasteiger partial charge in [0.1, 0.15) is 21.6 Å². The van der Waals surface area contributed by atoms with Crippen LogP contribution in [0.15, 0.2) is 18.3 Å². The molecule has 1 aromatic carbocycles. The van der Waals surface area contributed by atoms with Gasteiger partial charge in [-0.05, 0) is 51.1 Å². The number of nitrogens with one attached hydrogen (secondary N) is 3. The van der Waals surface area contributed by atoms with Crippen molar-refractivity contribution in [2.75, 3.05) is 28.9 Å². The SMILES string of the molecule is Cc1nc(Oc2cc(F)c(NS(=O)CC3CC3)c(F)c2F)c(-c2ccnc(NC3CCCNC3)n2)s1. The van der Waals surface area contributed by atoms with Gasteiger partial charge in [0.2, 0.25) is 17.6 Å². The highest BCUT2D eigenvalue weighted by molar-refractivity contribution is 7.86. The number of aryl methyl sites for hydroxylation is 1. The molecule has 2 fully saturated rings. The van der Waals surface area contributed by atoms with E-state index in [1.54, 1.807) is 19.2 Å². The van der Waals surface area contributed by atoms with E-state index in [4.69, 9.17) is 4.74 Å². The number of hydrogen-bond acceptors (Lipinski definition) is 8. The van der Waals surface area contributed by atoms with Crippen LogP contribution in [0.1, 0.15) is 30.7 Å². The van der Waals surface area contributed by atoms with Crippen molar-refractivity contribution in [2.45, 2.75) is 38.6 Å². The summed E-state index contributed by atoms with van der Waals surface area (Å²) in [6.07, 6.45) is 5.48. The van der Waals surface area contributed by atoms with Crippen LogP contribution in [0, 0.1) is 30.3 Å². The minimum atomic E-state index is -1.71. The number of halogens is 3. The second-order valence-electron chi connectivity index (χ2n) is 8.84. The fraction of sp³-hybridized carbons (Fsp3) is 0.435. The van der Waals surface area contributed by atoms with E-state index < -0.39 is 39.9 Å². The normalized spacial score (nSPS) is 18.6. The van der Waals surface area contributed by atoms with Crippen LogP contribution in [-0.2, 0) is 11.0 Å². The molecule has 1 aliphatic carbocycles. The Bertz CT molecular complexity index is 1280. The molecule has 13 heteroatoms. The molecule has 0 amide bonds. The first-order valence-electron chi connectivity index (χ1n) is 11.7. The van der Waals surface area contributed by atoms with Gasteiger partial charge in [-0.2, -0.15) is 4.39 Å². The summed E-state index contributed by atoms with van der Waals surface area (Å²) < 4.78 is 64.1. The van der Waals surface area contributed by atoms with Gasteiger partial charge in [0.25, 0.3) is 0 Å². The van der Waals surface area contributed by atoms with Gasteiger partial charge in [0.05, 0.1) is 10.7 Å². The van der Waals surface area contributed by atoms with Crippen molar-refractivity contribution in [3.63, 3.8) is 0 Å². The van der Waals surface area contributed by atoms with E-state index in [1.807, 2.05) is 0 Å². The van der Waals surface area contributed by atoms with Gasteiger partial charge in [-0.3, -0.25) is 4.72 Å². The molecule has 8 nitrogen and oxygen atoms in total. The Morgan fingerprint density at radius 1 is 1.22 bits per heavy atom. The number of piperidine rings is 1. The van der Waals surface area contributed by atoms with E-state index in [0.29, 0.717) is 21.5 Å². The molecule has 3 aromatic rings. The molecule has 5 rings (SSSR count). The lowest BCUT2D eigenvalue weighted by atomic mass is 10.1. The zero-order valence-corrected chi connectivity index (χ0v) is 21.1. The number of aromatic nitrogens is 3. The first-order chi connectivity index (χ1) is 17.4. The molecule has 3 N–H and O–H groups in total. The summed E-state index contributed by atoms with van der Waals surface area (Å²) in [7, 11) is -1.71. The molecule has 3 heterocycles. The van der Waals surface area contributed by atoms with Gasteiger partial charge >= 0.3 is 0 Å². The third kappa shape index (κ3) is 5.79. The third-order valence-corrected chi connectivity index (χ3v) is 8.03. The van der Waals surface area contributed by atoms with E-state index in [9.17, 15) is 17.4 Å². The summed E-state index contributed by atoms with van der Waals surface area (Å²) in [5.74, 6) is -3.78. The third-order valence-electron chi connectivity index (χ3n) is 5.85. The molecule has 1 saturated heterocycles. The lowest BCUT2D eigenvalue weighted by molar-refractivity contribution is 0.402. The average Bonchev–Trinajstić information content (AvgIpc) is 3.60. The predicted octanol–water partition coefficient (Wildman–Crippen LogP) is 4.77. The summed E-state index contributed by atoms with van der Waals surface area (Å²) >= 11 is 1.25. The van der Waals surface area contributed by atoms with Crippen molar-refractivity contribution < 1.29 is 22.1 Å². The number of ether oxygens (including phenoxy) is 1. The molecule has 0 radical (unpaired) electrons. The molecule has 192 valence electrons. The summed E-state index contributed by atoms with van der Waals surface area (Å²) in [6.45, 7) is 3.51. The van der Waals surface area contributed by atoms with Crippen LogP contribution < -0.4 is 20.1 Å². The number of hydrogen-bond donors (Lipinski definition) is 3. The molecule has 1 saturated carbocycles. The van der Waals surface area contributed by atoms with Gasteiger partial charge in [0, 0.05) is 30.6 Å². The summed E-state index contributed by atoms with van der Waals surface area (Å²) in [6, 6.07) is 2.57. The average molecular weight is 539 g/mol. The fourth-order valence-electron chi connectivity index (χ4n) is 3.85. The topological polar surface area (TPSA) is 101 Å². The number of benzene rings is 1. The summed E-state index contributed by atoms with van der Waals surface area (Å²) in [5, 5.41) is 7.21. The first kappa shape index (κ1) is 24.9. The Labute approximate surface area is 212 Å². The molecular formula is C23H25F3N6O2S2. The van der Waals surface area contributed by atoms with Crippen molar-refractivity contribution in [3.05, 3.63) is 40.8 Å². The molecular weight excluding hydrogens is 513 g/mol. The number of nitrogens with zero attached hydrogens (tertiary/aromatic N) is 3. The van der Waals surface area contributed by atoms with Gasteiger partial charge in [-0.1, -0.05) is 0 Å². The first-order valence-corrected chi connectivity index (χ1v) is 13.8. The Morgan fingerprint density at radius 3 is 2.81 bits per heavy atom. The van der Waals surface area contributed by atoms with E-state index in [2.05, 4.69) is 30.3 Å². The highest BCUT2D eigenvalue weighted by atomic mass is 32.2. The maximum atomic E-state index is 14.8. The highest BCUT2D eigenvalue weighted by Crippen LogP contribution is 2.39. The Balaban J connectivity index is 1.38. The number of thiazole rings is 1. The second-order valence-corrected chi connectivity index (χ2v) is 11.3. The Kier molecular flexibility index (Phi) is 7.39. The lowest BCUT2D eigenvalue weighted by Gasteiger charge is -2.23. The molecule has 0 spiro atoms. The van der Waals surface area contributed by atoms with Crippen molar-refractivity contribution >= 4 is 34.0 Å². The quantitative estimate of drug-likeness (QED) is 0.338. The van der Waals surface area contributed by atoms with Crippen LogP contribution >= 0.6 is 11.3 Å². The van der Waals surface area contributed by atoms with E-state index in [1.165, 1.54) is 11.3 Å². The van der Waals surface area contributed by atoms with Gasteiger partial charge in [0.15, 0.2) is 17.4 Å². The fourth-order valence-corrected chi connectivity index (χ4v) is 5.93. The van der Waals surface area contributed by atoms with Crippen molar-refractivity contribution in [1.82, 2.24) is 20.3 Å². The largest absolute Gasteiger partial charge is 0.434 e. The molecule has 0 bridgehead atoms. The van der Waals surface area contributed by atoms with Gasteiger partial charge < -0.3 is 15.4 Å². The monoisotopic (exact) mass is 538 g/mol. The maximum absolute atomic E-state index is 14.8. The molecule has 2 aliphatic rings. The second kappa shape index (κ2) is 10.7. The van der Waals surface area contributed by atoms with Gasteiger partial charge in [-0.25, -0.2) is 27.9 Å². The zero-order chi connectivity index (χ0) is 25.2. The Morgan fingerprint density at radius 2 is 2.06 bits per heavy atom. The standard InChI is InChI=1S/C23H25F3N6O2S2/c1-12-29-22(21(35-12)16-6-8-28-23(31-16)30-14-3-2-7-27-10-14)34-17-9-15(24)20(19(26)18(17)25)32-36(33)11-13-4-5-13/h6,8-9,13-14,27,32H,2-5,7,10-11H2,1H3,(H,28,30,31). The highest BCUT2D eigenvalue weighted by Gasteiger charge is 2.27. The summed E-state index contributed by atoms with van der Waals surface area (Å²) in [4.78, 5) is 13.5. The molecule has 2 unspecified atom stereocenters. The van der Waals surface area contributed by atoms with Crippen LogP contribution in [0.5, 0.6) is 11.6 Å². The summed E-state index contributed by atoms with van der Waals surface area (Å²) in [5.41, 5.74) is -0.302. The van der Waals surface area contributed by atoms with E-state index in [0.717, 1.165) is 44.8 Å². The van der Waals surface area contributed by atoms with Crippen LogP contribution in [0.4, 0.5) is 24.8 Å². The minimum absolute atomic E-state index is 0.0304. The van der Waals surface area contributed by atoms with Crippen molar-refractivity contribution in [3.8, 4) is 22.2 Å². The molecule has 36 heavy (non-hydrogen) atoms. The predicted molar refractivity (Wildman–Crippen MR) is 133 cm³/mol. The van der Waals surface area contributed by atoms with Crippen molar-refractivity contribution in [2.24, 2.45) is 5.92 Å². The Hall–Kier alpha value is -2.77. The molecule has 2 atom stereocenters. The minimum Gasteiger partial charge on any atom is -0.434 e. The van der Waals surface area contributed by atoms with Crippen LogP contribution in [0.2, 0.25) is 0 Å². The molecule has 1 aliphatic heterocycles. The van der Waals surface area contributed by atoms with Crippen molar-refractivity contribution in [1.29, 1.82) is 0 Å². The maximum Gasteiger partial charge on any atom is 0.240 e. The lowest BCUT2D eigenvalue weighted by Crippen LogP contribution is -2.38. The number of rotatable bonds is 9. The zero-order valence-electron chi connectivity index (χ0n) is 19.4. The number of anilines is 2. The van der Waals surface area contributed by atoms with Gasteiger partial charge in [-0.15, -0.1) is 11.3 Å². The molecule has 2 aromatic heterocycles. The van der Waals surface area contributed by atoms with Crippen LogP contribution in [-0.4, -0.2) is 44.0 Å². The van der Waals surface area contributed by atoms with Crippen LogP contribution in [0.3, 0.4) is 0 Å². The van der Waals surface area contributed by atoms with E-state index >= 15 is 0 Å². The smallest absolute Gasteiger partial charge is 0.240 e. The van der Waals surface area contributed by atoms with Crippen LogP contribution in [0.25, 0.3) is 10.6 Å². The van der Waals surface area contributed by atoms with E-state index in [-0.39, 0.29) is 23.6 Å².